The van der Waals surface area contributed by atoms with Crippen LogP contribution in [0, 0.1) is 19.7 Å². The Hall–Kier alpha value is -2.03. The van der Waals surface area contributed by atoms with Gasteiger partial charge < -0.3 is 20.6 Å². The summed E-state index contributed by atoms with van der Waals surface area (Å²) in [5.41, 5.74) is 9.26. The first-order chi connectivity index (χ1) is 16.0. The summed E-state index contributed by atoms with van der Waals surface area (Å²) in [4.78, 5) is 19.6. The normalized spacial score (nSPS) is 13.6. The monoisotopic (exact) mass is 505 g/mol. The third-order valence-corrected chi connectivity index (χ3v) is 7.11. The number of halogens is 1. The second-order valence-corrected chi connectivity index (χ2v) is 10.9. The fraction of sp³-hybridized carbons (Fsp3) is 0.280. The maximum atomic E-state index is 14.9. The van der Waals surface area contributed by atoms with Crippen molar-refractivity contribution in [3.8, 4) is 11.1 Å². The van der Waals surface area contributed by atoms with Crippen molar-refractivity contribution in [2.75, 3.05) is 13.2 Å². The van der Waals surface area contributed by atoms with Crippen LogP contribution in [0.2, 0.25) is 0 Å². The van der Waals surface area contributed by atoms with Crippen LogP contribution < -0.4 is 5.73 Å². The molecule has 0 saturated heterocycles. The molecule has 1 atom stereocenters. The van der Waals surface area contributed by atoms with Crippen LogP contribution in [0.5, 0.6) is 0 Å². The first kappa shape index (κ1) is 26.6. The number of nitrogens with two attached hydrogens (primary N) is 1. The van der Waals surface area contributed by atoms with Crippen molar-refractivity contribution in [3.05, 3.63) is 83.2 Å². The number of aryl methyl sites for hydroxylation is 3. The molecule has 0 fully saturated rings. The number of benzene rings is 3. The van der Waals surface area contributed by atoms with Gasteiger partial charge in [-0.1, -0.05) is 48.2 Å². The lowest BCUT2D eigenvalue weighted by Gasteiger charge is -2.27. The van der Waals surface area contributed by atoms with Crippen molar-refractivity contribution < 1.29 is 28.4 Å². The molecule has 0 amide bonds. The number of hydrogen-bond acceptors (Lipinski definition) is 5. The minimum Gasteiger partial charge on any atom is -0.394 e. The molecule has 9 heteroatoms. The summed E-state index contributed by atoms with van der Waals surface area (Å²) in [6.07, 6.45) is 0.706. The van der Waals surface area contributed by atoms with E-state index in [1.54, 1.807) is 6.07 Å². The fourth-order valence-electron chi connectivity index (χ4n) is 3.36. The van der Waals surface area contributed by atoms with Gasteiger partial charge in [0.15, 0.2) is 0 Å². The largest absolute Gasteiger partial charge is 0.469 e. The van der Waals surface area contributed by atoms with E-state index in [1.807, 2.05) is 36.4 Å². The van der Waals surface area contributed by atoms with E-state index in [2.05, 4.69) is 30.5 Å². The SMILES string of the molecule is Cc1ccc(Sc2ccc(-c3ccc(CCC(N)(CO)COP(=O)(O)O)cc3)c(F)c2)cc1C. The van der Waals surface area contributed by atoms with Crippen molar-refractivity contribution in [2.24, 2.45) is 5.73 Å². The molecule has 0 aliphatic rings. The van der Waals surface area contributed by atoms with Crippen LogP contribution in [0.3, 0.4) is 0 Å². The molecule has 6 nitrogen and oxygen atoms in total. The molecule has 3 rings (SSSR count). The Morgan fingerprint density at radius 3 is 2.24 bits per heavy atom. The standard InChI is InChI=1S/C25H29FNO5PS/c1-17-3-8-21(13-18(17)2)34-22-9-10-23(24(26)14-22)20-6-4-19(5-7-20)11-12-25(27,15-28)16-32-33(29,30)31/h3-10,13-14,28H,11-12,15-16,27H2,1-2H3,(H2,29,30,31). The molecule has 0 aliphatic heterocycles. The maximum Gasteiger partial charge on any atom is 0.469 e. The van der Waals surface area contributed by atoms with Crippen molar-refractivity contribution in [3.63, 3.8) is 0 Å². The molecule has 3 aromatic carbocycles. The van der Waals surface area contributed by atoms with E-state index >= 15 is 0 Å². The van der Waals surface area contributed by atoms with Crippen LogP contribution in [-0.4, -0.2) is 33.6 Å². The molecule has 0 saturated carbocycles. The van der Waals surface area contributed by atoms with Crippen LogP contribution >= 0.6 is 19.6 Å². The zero-order chi connectivity index (χ0) is 24.9. The van der Waals surface area contributed by atoms with Crippen molar-refractivity contribution in [2.45, 2.75) is 42.0 Å². The molecule has 0 spiro atoms. The number of phosphoric ester groups is 1. The summed E-state index contributed by atoms with van der Waals surface area (Å²) in [5.74, 6) is -0.308. The lowest BCUT2D eigenvalue weighted by molar-refractivity contribution is 0.102. The lowest BCUT2D eigenvalue weighted by Crippen LogP contribution is -2.48. The Kier molecular flexibility index (Phi) is 8.71. The van der Waals surface area contributed by atoms with E-state index in [0.717, 1.165) is 20.9 Å². The molecular formula is C25H29FNO5PS. The molecule has 0 heterocycles. The second-order valence-electron chi connectivity index (χ2n) is 8.47. The topological polar surface area (TPSA) is 113 Å². The van der Waals surface area contributed by atoms with Crippen molar-refractivity contribution >= 4 is 19.6 Å². The van der Waals surface area contributed by atoms with Crippen LogP contribution in [0.1, 0.15) is 23.1 Å². The average molecular weight is 506 g/mol. The summed E-state index contributed by atoms with van der Waals surface area (Å²) in [6.45, 7) is 3.16. The van der Waals surface area contributed by atoms with Gasteiger partial charge in [0.2, 0.25) is 0 Å². The molecular weight excluding hydrogens is 476 g/mol. The summed E-state index contributed by atoms with van der Waals surface area (Å²) in [6, 6.07) is 18.7. The highest BCUT2D eigenvalue weighted by Gasteiger charge is 2.28. The average Bonchev–Trinajstić information content (AvgIpc) is 2.79. The van der Waals surface area contributed by atoms with E-state index in [4.69, 9.17) is 15.5 Å². The van der Waals surface area contributed by atoms with Crippen LogP contribution in [0.25, 0.3) is 11.1 Å². The van der Waals surface area contributed by atoms with Gasteiger partial charge in [0.1, 0.15) is 5.82 Å². The van der Waals surface area contributed by atoms with Crippen LogP contribution in [0.4, 0.5) is 4.39 Å². The predicted molar refractivity (Wildman–Crippen MR) is 132 cm³/mol. The molecule has 5 N–H and O–H groups in total. The van der Waals surface area contributed by atoms with E-state index in [9.17, 15) is 14.1 Å². The van der Waals surface area contributed by atoms with Gasteiger partial charge in [-0.05, 0) is 73.2 Å². The van der Waals surface area contributed by atoms with Crippen molar-refractivity contribution in [1.29, 1.82) is 0 Å². The fourth-order valence-corrected chi connectivity index (χ4v) is 4.73. The van der Waals surface area contributed by atoms with E-state index in [0.29, 0.717) is 12.0 Å². The molecule has 0 bridgehead atoms. The molecule has 3 aromatic rings. The maximum absolute atomic E-state index is 14.9. The molecule has 182 valence electrons. The Morgan fingerprint density at radius 1 is 1.00 bits per heavy atom. The van der Waals surface area contributed by atoms with Gasteiger partial charge in [0, 0.05) is 15.4 Å². The molecule has 34 heavy (non-hydrogen) atoms. The van der Waals surface area contributed by atoms with Crippen molar-refractivity contribution in [1.82, 2.24) is 0 Å². The Morgan fingerprint density at radius 2 is 1.65 bits per heavy atom. The van der Waals surface area contributed by atoms with Crippen LogP contribution in [0.15, 0.2) is 70.5 Å². The number of aliphatic hydroxyl groups excluding tert-OH is 1. The zero-order valence-electron chi connectivity index (χ0n) is 19.1. The zero-order valence-corrected chi connectivity index (χ0v) is 20.8. The van der Waals surface area contributed by atoms with Gasteiger partial charge in [0.25, 0.3) is 0 Å². The number of phosphoric acid groups is 1. The first-order valence-corrected chi connectivity index (χ1v) is 13.1. The molecule has 0 aromatic heterocycles. The number of rotatable bonds is 10. The van der Waals surface area contributed by atoms with Gasteiger partial charge in [-0.25, -0.2) is 8.96 Å². The van der Waals surface area contributed by atoms with E-state index < -0.39 is 26.6 Å². The van der Waals surface area contributed by atoms with Gasteiger partial charge in [0.05, 0.1) is 18.8 Å². The second kappa shape index (κ2) is 11.1. The molecule has 0 aliphatic carbocycles. The highest BCUT2D eigenvalue weighted by atomic mass is 32.2. The minimum atomic E-state index is -4.67. The Labute approximate surface area is 203 Å². The quantitative estimate of drug-likeness (QED) is 0.287. The first-order valence-electron chi connectivity index (χ1n) is 10.7. The van der Waals surface area contributed by atoms with Gasteiger partial charge in [-0.3, -0.25) is 4.52 Å². The molecule has 0 radical (unpaired) electrons. The highest BCUT2D eigenvalue weighted by molar-refractivity contribution is 7.99. The highest BCUT2D eigenvalue weighted by Crippen LogP contribution is 2.37. The lowest BCUT2D eigenvalue weighted by atomic mass is 9.93. The summed E-state index contributed by atoms with van der Waals surface area (Å²) in [7, 11) is -4.67. The van der Waals surface area contributed by atoms with E-state index in [1.165, 1.54) is 29.0 Å². The summed E-state index contributed by atoms with van der Waals surface area (Å²) >= 11 is 1.52. The minimum absolute atomic E-state index is 0.252. The van der Waals surface area contributed by atoms with E-state index in [-0.39, 0.29) is 12.2 Å². The predicted octanol–water partition coefficient (Wildman–Crippen LogP) is 4.99. The van der Waals surface area contributed by atoms with Gasteiger partial charge >= 0.3 is 7.82 Å². The Balaban J connectivity index is 1.65. The number of hydrogen-bond donors (Lipinski definition) is 4. The molecule has 1 unspecified atom stereocenters. The summed E-state index contributed by atoms with van der Waals surface area (Å²) in [5, 5.41) is 9.52. The third kappa shape index (κ3) is 7.48. The smallest absolute Gasteiger partial charge is 0.394 e. The summed E-state index contributed by atoms with van der Waals surface area (Å²) < 4.78 is 30.2. The third-order valence-electron chi connectivity index (χ3n) is 5.67. The Bertz CT molecular complexity index is 1180. The van der Waals surface area contributed by atoms with Crippen LogP contribution in [-0.2, 0) is 15.5 Å². The van der Waals surface area contributed by atoms with Gasteiger partial charge in [-0.15, -0.1) is 0 Å². The number of aliphatic hydroxyl groups is 1. The van der Waals surface area contributed by atoms with Gasteiger partial charge in [-0.2, -0.15) is 0 Å².